The maximum Gasteiger partial charge on any atom is 0.251 e. The van der Waals surface area contributed by atoms with E-state index in [4.69, 9.17) is 14.2 Å². The normalized spacial score (nSPS) is 15.3. The standard InChI is InChI=1S/C17H25NO4S/c1-20-11-12-22-15-4-2-14(3-5-15)17(19)18-8-13-23-16-6-9-21-10-7-16/h2-5,16H,6-13H2,1H3,(H,18,19). The summed E-state index contributed by atoms with van der Waals surface area (Å²) < 4.78 is 15.7. The van der Waals surface area contributed by atoms with Gasteiger partial charge in [0.05, 0.1) is 6.61 Å². The van der Waals surface area contributed by atoms with Crippen molar-refractivity contribution in [3.63, 3.8) is 0 Å². The predicted molar refractivity (Wildman–Crippen MR) is 92.4 cm³/mol. The molecule has 0 atom stereocenters. The molecule has 0 aromatic heterocycles. The summed E-state index contributed by atoms with van der Waals surface area (Å²) in [5.41, 5.74) is 0.653. The van der Waals surface area contributed by atoms with Crippen LogP contribution >= 0.6 is 11.8 Å². The van der Waals surface area contributed by atoms with E-state index in [1.54, 1.807) is 31.4 Å². The van der Waals surface area contributed by atoms with Crippen molar-refractivity contribution in [2.45, 2.75) is 18.1 Å². The Morgan fingerprint density at radius 2 is 2.00 bits per heavy atom. The van der Waals surface area contributed by atoms with E-state index in [0.717, 1.165) is 37.6 Å². The van der Waals surface area contributed by atoms with Gasteiger partial charge in [0.25, 0.3) is 5.91 Å². The number of thioether (sulfide) groups is 1. The van der Waals surface area contributed by atoms with Gasteiger partial charge in [-0.2, -0.15) is 11.8 Å². The van der Waals surface area contributed by atoms with Gasteiger partial charge in [-0.05, 0) is 37.1 Å². The summed E-state index contributed by atoms with van der Waals surface area (Å²) in [6, 6.07) is 7.18. The molecule has 5 nitrogen and oxygen atoms in total. The third kappa shape index (κ3) is 6.81. The molecule has 0 aliphatic carbocycles. The quantitative estimate of drug-likeness (QED) is 0.700. The van der Waals surface area contributed by atoms with Crippen molar-refractivity contribution in [1.29, 1.82) is 0 Å². The minimum atomic E-state index is -0.0407. The van der Waals surface area contributed by atoms with Crippen LogP contribution in [0, 0.1) is 0 Å². The van der Waals surface area contributed by atoms with Gasteiger partial charge in [-0.1, -0.05) is 0 Å². The number of carbonyl (C=O) groups excluding carboxylic acids is 1. The van der Waals surface area contributed by atoms with Crippen molar-refractivity contribution in [1.82, 2.24) is 5.32 Å². The van der Waals surface area contributed by atoms with Crippen molar-refractivity contribution in [2.75, 3.05) is 45.8 Å². The zero-order chi connectivity index (χ0) is 16.3. The van der Waals surface area contributed by atoms with E-state index in [0.29, 0.717) is 30.6 Å². The SMILES string of the molecule is COCCOc1ccc(C(=O)NCCSC2CCOCC2)cc1. The minimum absolute atomic E-state index is 0.0407. The first-order chi connectivity index (χ1) is 11.3. The van der Waals surface area contributed by atoms with E-state index >= 15 is 0 Å². The molecule has 2 rings (SSSR count). The Morgan fingerprint density at radius 1 is 1.26 bits per heavy atom. The van der Waals surface area contributed by atoms with Crippen LogP contribution in [0.3, 0.4) is 0 Å². The lowest BCUT2D eigenvalue weighted by Gasteiger charge is -2.21. The van der Waals surface area contributed by atoms with Crippen LogP contribution in [-0.4, -0.2) is 57.0 Å². The number of hydrogen-bond acceptors (Lipinski definition) is 5. The summed E-state index contributed by atoms with van der Waals surface area (Å²) >= 11 is 1.92. The van der Waals surface area contributed by atoms with Gasteiger partial charge in [-0.3, -0.25) is 4.79 Å². The van der Waals surface area contributed by atoms with Crippen molar-refractivity contribution in [2.24, 2.45) is 0 Å². The molecule has 1 saturated heterocycles. The van der Waals surface area contributed by atoms with Gasteiger partial charge in [0, 0.05) is 43.4 Å². The number of methoxy groups -OCH3 is 1. The molecule has 1 aliphatic heterocycles. The molecule has 23 heavy (non-hydrogen) atoms. The average Bonchev–Trinajstić information content (AvgIpc) is 2.60. The zero-order valence-electron chi connectivity index (χ0n) is 13.6. The van der Waals surface area contributed by atoms with Crippen LogP contribution in [0.15, 0.2) is 24.3 Å². The van der Waals surface area contributed by atoms with Crippen LogP contribution in [0.1, 0.15) is 23.2 Å². The second-order valence-electron chi connectivity index (χ2n) is 5.30. The molecule has 0 bridgehead atoms. The Labute approximate surface area is 142 Å². The van der Waals surface area contributed by atoms with E-state index in [1.807, 2.05) is 11.8 Å². The molecule has 128 valence electrons. The second kappa shape index (κ2) is 10.5. The Balaban J connectivity index is 1.64. The van der Waals surface area contributed by atoms with Crippen molar-refractivity contribution < 1.29 is 19.0 Å². The fourth-order valence-corrected chi connectivity index (χ4v) is 3.36. The first-order valence-corrected chi connectivity index (χ1v) is 9.04. The number of nitrogens with one attached hydrogen (secondary N) is 1. The van der Waals surface area contributed by atoms with Crippen LogP contribution in [-0.2, 0) is 9.47 Å². The van der Waals surface area contributed by atoms with Gasteiger partial charge in [-0.15, -0.1) is 0 Å². The molecule has 0 spiro atoms. The fourth-order valence-electron chi connectivity index (χ4n) is 2.28. The lowest BCUT2D eigenvalue weighted by atomic mass is 10.2. The van der Waals surface area contributed by atoms with E-state index in [1.165, 1.54) is 0 Å². The van der Waals surface area contributed by atoms with Crippen molar-refractivity contribution >= 4 is 17.7 Å². The second-order valence-corrected chi connectivity index (χ2v) is 6.71. The highest BCUT2D eigenvalue weighted by Gasteiger charge is 2.13. The maximum absolute atomic E-state index is 12.1. The van der Waals surface area contributed by atoms with E-state index < -0.39 is 0 Å². The molecule has 1 fully saturated rings. The first-order valence-electron chi connectivity index (χ1n) is 7.99. The Kier molecular flexibility index (Phi) is 8.28. The molecule has 0 saturated carbocycles. The fraction of sp³-hybridized carbons (Fsp3) is 0.588. The number of amides is 1. The molecule has 1 aliphatic rings. The molecule has 0 unspecified atom stereocenters. The van der Waals surface area contributed by atoms with E-state index in [2.05, 4.69) is 5.32 Å². The molecule has 6 heteroatoms. The van der Waals surface area contributed by atoms with Crippen LogP contribution in [0.25, 0.3) is 0 Å². The summed E-state index contributed by atoms with van der Waals surface area (Å²) in [5, 5.41) is 3.63. The summed E-state index contributed by atoms with van der Waals surface area (Å²) in [6.45, 7) is 3.47. The number of benzene rings is 1. The van der Waals surface area contributed by atoms with Crippen molar-refractivity contribution in [3.8, 4) is 5.75 Å². The summed E-state index contributed by atoms with van der Waals surface area (Å²) in [6.07, 6.45) is 2.23. The average molecular weight is 339 g/mol. The van der Waals surface area contributed by atoms with Crippen LogP contribution in [0.4, 0.5) is 0 Å². The van der Waals surface area contributed by atoms with Crippen LogP contribution < -0.4 is 10.1 Å². The molecule has 0 radical (unpaired) electrons. The highest BCUT2D eigenvalue weighted by atomic mass is 32.2. The molecule has 1 N–H and O–H groups in total. The van der Waals surface area contributed by atoms with E-state index in [9.17, 15) is 4.79 Å². The lowest BCUT2D eigenvalue weighted by molar-refractivity contribution is 0.0955. The highest BCUT2D eigenvalue weighted by Crippen LogP contribution is 2.21. The molecular formula is C17H25NO4S. The number of carbonyl (C=O) groups is 1. The van der Waals surface area contributed by atoms with Gasteiger partial charge >= 0.3 is 0 Å². The molecule has 1 heterocycles. The minimum Gasteiger partial charge on any atom is -0.491 e. The van der Waals surface area contributed by atoms with Crippen LogP contribution in [0.5, 0.6) is 5.75 Å². The zero-order valence-corrected chi connectivity index (χ0v) is 14.4. The summed E-state index contributed by atoms with van der Waals surface area (Å²) in [4.78, 5) is 12.1. The molecule has 1 aromatic rings. The number of ether oxygens (including phenoxy) is 3. The van der Waals surface area contributed by atoms with Gasteiger partial charge < -0.3 is 19.5 Å². The topological polar surface area (TPSA) is 56.8 Å². The molecular weight excluding hydrogens is 314 g/mol. The summed E-state index contributed by atoms with van der Waals surface area (Å²) in [7, 11) is 1.64. The van der Waals surface area contributed by atoms with Crippen LogP contribution in [0.2, 0.25) is 0 Å². The third-order valence-corrected chi connectivity index (χ3v) is 4.96. The molecule has 1 amide bonds. The largest absolute Gasteiger partial charge is 0.491 e. The monoisotopic (exact) mass is 339 g/mol. The van der Waals surface area contributed by atoms with Gasteiger partial charge in [0.1, 0.15) is 12.4 Å². The smallest absolute Gasteiger partial charge is 0.251 e. The van der Waals surface area contributed by atoms with Gasteiger partial charge in [0.2, 0.25) is 0 Å². The third-order valence-electron chi connectivity index (χ3n) is 3.58. The maximum atomic E-state index is 12.1. The highest BCUT2D eigenvalue weighted by molar-refractivity contribution is 7.99. The summed E-state index contributed by atoms with van der Waals surface area (Å²) in [5.74, 6) is 1.64. The Bertz CT molecular complexity index is 460. The number of hydrogen-bond donors (Lipinski definition) is 1. The van der Waals surface area contributed by atoms with Crippen molar-refractivity contribution in [3.05, 3.63) is 29.8 Å². The number of rotatable bonds is 9. The first kappa shape index (κ1) is 18.1. The van der Waals surface area contributed by atoms with Gasteiger partial charge in [-0.25, -0.2) is 0 Å². The molecule has 1 aromatic carbocycles. The van der Waals surface area contributed by atoms with Gasteiger partial charge in [0.15, 0.2) is 0 Å². The lowest BCUT2D eigenvalue weighted by Crippen LogP contribution is -2.27. The predicted octanol–water partition coefficient (Wildman–Crippen LogP) is 2.35. The van der Waals surface area contributed by atoms with E-state index in [-0.39, 0.29) is 5.91 Å². The Hall–Kier alpha value is -1.24. The Morgan fingerprint density at radius 3 is 2.70 bits per heavy atom.